The van der Waals surface area contributed by atoms with Gasteiger partial charge < -0.3 is 10.0 Å². The normalized spacial score (nSPS) is 9.00. The first kappa shape index (κ1) is 12.6. The third kappa shape index (κ3) is 10.8. The quantitative estimate of drug-likeness (QED) is 0.561. The summed E-state index contributed by atoms with van der Waals surface area (Å²) in [6.45, 7) is 12.1. The Kier molecular flexibility index (Phi) is 14.7. The van der Waals surface area contributed by atoms with Crippen molar-refractivity contribution in [1.82, 2.24) is 0 Å². The highest BCUT2D eigenvalue weighted by atomic mass is 16.2. The SMILES string of the molecule is CC[NH+](CC)CC.CC[O-]. The first-order chi connectivity index (χ1) is 4.76. The van der Waals surface area contributed by atoms with Crippen molar-refractivity contribution in [2.75, 3.05) is 26.2 Å². The van der Waals surface area contributed by atoms with Crippen molar-refractivity contribution in [3.8, 4) is 0 Å². The molecule has 0 fully saturated rings. The van der Waals surface area contributed by atoms with Gasteiger partial charge in [0, 0.05) is 0 Å². The molecular formula is C8H21NO. The van der Waals surface area contributed by atoms with E-state index < -0.39 is 0 Å². The maximum atomic E-state index is 8.93. The van der Waals surface area contributed by atoms with Gasteiger partial charge in [0.05, 0.1) is 19.6 Å². The van der Waals surface area contributed by atoms with Gasteiger partial charge in [-0.25, -0.2) is 0 Å². The Labute approximate surface area is 64.9 Å². The van der Waals surface area contributed by atoms with Gasteiger partial charge in [0.1, 0.15) is 0 Å². The van der Waals surface area contributed by atoms with Crippen LogP contribution in [0.5, 0.6) is 0 Å². The van der Waals surface area contributed by atoms with Gasteiger partial charge in [-0.2, -0.15) is 0 Å². The molecule has 64 valence electrons. The van der Waals surface area contributed by atoms with E-state index in [0.29, 0.717) is 0 Å². The molecule has 2 heteroatoms. The second-order valence-corrected chi connectivity index (χ2v) is 2.10. The standard InChI is InChI=1S/C6H15N.C2H5O/c1-4-7(5-2)6-3;1-2-3/h4-6H2,1-3H3;2H2,1H3/q;-1/p+1. The fourth-order valence-corrected chi connectivity index (χ4v) is 0.750. The summed E-state index contributed by atoms with van der Waals surface area (Å²) in [4.78, 5) is 1.68. The molecule has 0 aliphatic carbocycles. The zero-order valence-electron chi connectivity index (χ0n) is 7.74. The van der Waals surface area contributed by atoms with Crippen LogP contribution in [0.3, 0.4) is 0 Å². The van der Waals surface area contributed by atoms with Crippen molar-refractivity contribution >= 4 is 0 Å². The molecule has 0 saturated heterocycles. The molecule has 0 amide bonds. The van der Waals surface area contributed by atoms with E-state index >= 15 is 0 Å². The van der Waals surface area contributed by atoms with Crippen molar-refractivity contribution in [3.63, 3.8) is 0 Å². The van der Waals surface area contributed by atoms with Crippen molar-refractivity contribution in [2.45, 2.75) is 27.7 Å². The highest BCUT2D eigenvalue weighted by Gasteiger charge is 1.92. The molecular weight excluding hydrogens is 126 g/mol. The number of nitrogens with one attached hydrogen (secondary N) is 1. The van der Waals surface area contributed by atoms with Crippen LogP contribution in [0, 0.1) is 0 Å². The largest absolute Gasteiger partial charge is 0.855 e. The van der Waals surface area contributed by atoms with Crippen LogP contribution in [0.15, 0.2) is 0 Å². The maximum absolute atomic E-state index is 8.93. The molecule has 1 N–H and O–H groups in total. The van der Waals surface area contributed by atoms with E-state index in [1.54, 1.807) is 11.8 Å². The fourth-order valence-electron chi connectivity index (χ4n) is 0.750. The summed E-state index contributed by atoms with van der Waals surface area (Å²) >= 11 is 0. The van der Waals surface area contributed by atoms with Crippen LogP contribution in [0.2, 0.25) is 0 Å². The van der Waals surface area contributed by atoms with Gasteiger partial charge in [-0.1, -0.05) is 6.92 Å². The van der Waals surface area contributed by atoms with Crippen LogP contribution in [0.25, 0.3) is 0 Å². The van der Waals surface area contributed by atoms with Crippen LogP contribution in [0.4, 0.5) is 0 Å². The summed E-state index contributed by atoms with van der Waals surface area (Å²) < 4.78 is 0. The lowest BCUT2D eigenvalue weighted by Gasteiger charge is -2.10. The first-order valence-electron chi connectivity index (χ1n) is 4.18. The van der Waals surface area contributed by atoms with Gasteiger partial charge >= 0.3 is 0 Å². The van der Waals surface area contributed by atoms with E-state index in [4.69, 9.17) is 5.11 Å². The molecule has 0 saturated carbocycles. The van der Waals surface area contributed by atoms with Crippen LogP contribution in [-0.2, 0) is 0 Å². The molecule has 0 aromatic carbocycles. The van der Waals surface area contributed by atoms with Crippen molar-refractivity contribution in [2.24, 2.45) is 0 Å². The minimum absolute atomic E-state index is 0. The van der Waals surface area contributed by atoms with Crippen LogP contribution in [0.1, 0.15) is 27.7 Å². The third-order valence-corrected chi connectivity index (χ3v) is 1.50. The molecule has 0 aromatic heterocycles. The molecule has 0 bridgehead atoms. The van der Waals surface area contributed by atoms with E-state index in [9.17, 15) is 0 Å². The highest BCUT2D eigenvalue weighted by molar-refractivity contribution is 4.11. The average Bonchev–Trinajstić information content (AvgIpc) is 1.93. The number of hydrogen-bond donors (Lipinski definition) is 1. The Morgan fingerprint density at radius 2 is 1.10 bits per heavy atom. The first-order valence-corrected chi connectivity index (χ1v) is 4.18. The second-order valence-electron chi connectivity index (χ2n) is 2.10. The molecule has 0 atom stereocenters. The van der Waals surface area contributed by atoms with Crippen molar-refractivity contribution in [1.29, 1.82) is 0 Å². The zero-order chi connectivity index (χ0) is 8.41. The Hall–Kier alpha value is -0.0800. The summed E-state index contributed by atoms with van der Waals surface area (Å²) in [6, 6.07) is 0. The molecule has 2 nitrogen and oxygen atoms in total. The molecule has 0 spiro atoms. The summed E-state index contributed by atoms with van der Waals surface area (Å²) in [6.07, 6.45) is 0. The van der Waals surface area contributed by atoms with Crippen molar-refractivity contribution in [3.05, 3.63) is 0 Å². The van der Waals surface area contributed by atoms with E-state index in [0.717, 1.165) is 0 Å². The van der Waals surface area contributed by atoms with Gasteiger partial charge in [0.2, 0.25) is 0 Å². The third-order valence-electron chi connectivity index (χ3n) is 1.50. The van der Waals surface area contributed by atoms with Gasteiger partial charge in [0.25, 0.3) is 0 Å². The minimum Gasteiger partial charge on any atom is -0.855 e. The molecule has 0 aliphatic heterocycles. The molecule has 0 rings (SSSR count). The molecule has 0 heterocycles. The van der Waals surface area contributed by atoms with Gasteiger partial charge in [-0.15, -0.1) is 6.61 Å². The van der Waals surface area contributed by atoms with Gasteiger partial charge in [0.15, 0.2) is 0 Å². The van der Waals surface area contributed by atoms with Gasteiger partial charge in [-0.05, 0) is 20.8 Å². The van der Waals surface area contributed by atoms with E-state index in [-0.39, 0.29) is 6.61 Å². The fraction of sp³-hybridized carbons (Fsp3) is 1.00. The number of hydrogen-bond acceptors (Lipinski definition) is 1. The zero-order valence-corrected chi connectivity index (χ0v) is 7.74. The molecule has 0 unspecified atom stereocenters. The van der Waals surface area contributed by atoms with E-state index in [1.807, 2.05) is 0 Å². The van der Waals surface area contributed by atoms with Crippen molar-refractivity contribution < 1.29 is 10.0 Å². The Morgan fingerprint density at radius 3 is 1.10 bits per heavy atom. The number of rotatable bonds is 3. The highest BCUT2D eigenvalue weighted by Crippen LogP contribution is 1.45. The summed E-state index contributed by atoms with van der Waals surface area (Å²) in [5.74, 6) is 0. The lowest BCUT2D eigenvalue weighted by molar-refractivity contribution is -0.894. The summed E-state index contributed by atoms with van der Waals surface area (Å²) in [5.41, 5.74) is 0. The predicted octanol–water partition coefficient (Wildman–Crippen LogP) is -0.702. The molecule has 0 aromatic rings. The number of quaternary nitrogens is 1. The minimum atomic E-state index is 0. The Bertz CT molecular complexity index is 39.0. The Balaban J connectivity index is 0. The van der Waals surface area contributed by atoms with Crippen LogP contribution in [-0.4, -0.2) is 26.2 Å². The predicted molar refractivity (Wildman–Crippen MR) is 43.1 cm³/mol. The average molecular weight is 147 g/mol. The summed E-state index contributed by atoms with van der Waals surface area (Å²) in [5, 5.41) is 8.93. The lowest BCUT2D eigenvalue weighted by Crippen LogP contribution is -3.11. The maximum Gasteiger partial charge on any atom is 0.0742 e. The lowest BCUT2D eigenvalue weighted by atomic mass is 10.5. The van der Waals surface area contributed by atoms with Crippen LogP contribution < -0.4 is 10.0 Å². The summed E-state index contributed by atoms with van der Waals surface area (Å²) in [7, 11) is 0. The Morgan fingerprint density at radius 1 is 0.900 bits per heavy atom. The van der Waals surface area contributed by atoms with Gasteiger partial charge in [-0.3, -0.25) is 0 Å². The molecule has 10 heavy (non-hydrogen) atoms. The van der Waals surface area contributed by atoms with E-state index in [1.165, 1.54) is 19.6 Å². The van der Waals surface area contributed by atoms with E-state index in [2.05, 4.69) is 20.8 Å². The smallest absolute Gasteiger partial charge is 0.0742 e. The van der Waals surface area contributed by atoms with Crippen LogP contribution >= 0.6 is 0 Å². The molecule has 0 aliphatic rings. The molecule has 0 radical (unpaired) electrons. The second kappa shape index (κ2) is 11.7. The monoisotopic (exact) mass is 147 g/mol. The topological polar surface area (TPSA) is 27.5 Å².